The van der Waals surface area contributed by atoms with E-state index >= 15 is 0 Å². The third-order valence-electron chi connectivity index (χ3n) is 2.49. The maximum Gasteiger partial charge on any atom is 0.253 e. The highest BCUT2D eigenvalue weighted by Crippen LogP contribution is 2.15. The van der Waals surface area contributed by atoms with Crippen molar-refractivity contribution in [3.63, 3.8) is 0 Å². The van der Waals surface area contributed by atoms with Gasteiger partial charge in [-0.2, -0.15) is 0 Å². The number of hydrogen-bond acceptors (Lipinski definition) is 2. The highest BCUT2D eigenvalue weighted by atomic mass is 16.1. The number of rotatable bonds is 2. The average Bonchev–Trinajstić information content (AvgIpc) is 2.33. The molecule has 0 atom stereocenters. The van der Waals surface area contributed by atoms with Gasteiger partial charge in [-0.1, -0.05) is 24.3 Å². The Labute approximate surface area is 94.9 Å². The largest absolute Gasteiger partial charge is 0.367 e. The fourth-order valence-electron chi connectivity index (χ4n) is 1.54. The number of carbonyl (C=O) groups excluding carboxylic acids is 1. The van der Waals surface area contributed by atoms with Gasteiger partial charge >= 0.3 is 0 Å². The first kappa shape index (κ1) is 10.5. The summed E-state index contributed by atoms with van der Waals surface area (Å²) in [6.45, 7) is 1.98. The third kappa shape index (κ3) is 2.31. The number of hydrogen-bond donors (Lipinski definition) is 2. The van der Waals surface area contributed by atoms with Crippen molar-refractivity contribution >= 4 is 11.6 Å². The quantitative estimate of drug-likeness (QED) is 0.793. The maximum absolute atomic E-state index is 11.9. The molecule has 3 heteroatoms. The van der Waals surface area contributed by atoms with E-state index < -0.39 is 0 Å². The molecule has 3 nitrogen and oxygen atoms in total. The molecule has 1 heterocycles. The molecular weight excluding hydrogens is 200 g/mol. The fourth-order valence-corrected chi connectivity index (χ4v) is 1.54. The minimum absolute atomic E-state index is 0.0499. The van der Waals surface area contributed by atoms with Crippen molar-refractivity contribution in [2.24, 2.45) is 0 Å². The van der Waals surface area contributed by atoms with Crippen molar-refractivity contribution in [1.29, 1.82) is 0 Å². The van der Waals surface area contributed by atoms with Gasteiger partial charge in [0.05, 0.1) is 0 Å². The minimum atomic E-state index is -0.0499. The number of dihydropyridines is 1. The predicted molar refractivity (Wildman–Crippen MR) is 64.8 cm³/mol. The molecule has 1 aromatic rings. The van der Waals surface area contributed by atoms with Crippen LogP contribution in [-0.4, -0.2) is 5.91 Å². The minimum Gasteiger partial charge on any atom is -0.367 e. The molecule has 2 rings (SSSR count). The van der Waals surface area contributed by atoms with Crippen LogP contribution >= 0.6 is 0 Å². The van der Waals surface area contributed by atoms with Crippen molar-refractivity contribution in [3.8, 4) is 0 Å². The second-order valence-corrected chi connectivity index (χ2v) is 3.71. The van der Waals surface area contributed by atoms with Gasteiger partial charge in [-0.3, -0.25) is 4.79 Å². The fraction of sp³-hybridized carbons (Fsp3) is 0.154. The highest BCUT2D eigenvalue weighted by Gasteiger charge is 2.10. The molecule has 2 N–H and O–H groups in total. The first-order chi connectivity index (χ1) is 7.77. The van der Waals surface area contributed by atoms with E-state index in [0.717, 1.165) is 16.8 Å². The molecule has 0 spiro atoms. The zero-order valence-corrected chi connectivity index (χ0v) is 9.16. The van der Waals surface area contributed by atoms with Crippen LogP contribution < -0.4 is 10.6 Å². The number of allylic oxidation sites excluding steroid dienone is 1. The number of carbonyl (C=O) groups is 1. The summed E-state index contributed by atoms with van der Waals surface area (Å²) < 4.78 is 0. The lowest BCUT2D eigenvalue weighted by atomic mass is 10.1. The van der Waals surface area contributed by atoms with E-state index in [9.17, 15) is 4.79 Å². The Kier molecular flexibility index (Phi) is 3.05. The van der Waals surface area contributed by atoms with Gasteiger partial charge in [0.25, 0.3) is 5.91 Å². The van der Waals surface area contributed by atoms with Crippen LogP contribution in [0.5, 0.6) is 0 Å². The summed E-state index contributed by atoms with van der Waals surface area (Å²) in [5, 5.41) is 5.81. The molecule has 0 bridgehead atoms. The number of amides is 1. The number of para-hydroxylation sites is 1. The molecule has 0 aliphatic carbocycles. The number of benzene rings is 1. The van der Waals surface area contributed by atoms with E-state index in [1.54, 1.807) is 6.20 Å². The van der Waals surface area contributed by atoms with Crippen LogP contribution in [-0.2, 0) is 4.79 Å². The summed E-state index contributed by atoms with van der Waals surface area (Å²) >= 11 is 0. The van der Waals surface area contributed by atoms with Gasteiger partial charge in [0, 0.05) is 17.5 Å². The first-order valence-electron chi connectivity index (χ1n) is 5.24. The Morgan fingerprint density at radius 3 is 2.88 bits per heavy atom. The normalized spacial score (nSPS) is 13.9. The molecule has 16 heavy (non-hydrogen) atoms. The Morgan fingerprint density at radius 2 is 2.19 bits per heavy atom. The second kappa shape index (κ2) is 4.66. The number of nitrogens with one attached hydrogen (secondary N) is 2. The molecular formula is C13H14N2O. The maximum atomic E-state index is 11.9. The zero-order chi connectivity index (χ0) is 11.4. The highest BCUT2D eigenvalue weighted by molar-refractivity contribution is 6.04. The summed E-state index contributed by atoms with van der Waals surface area (Å²) in [4.78, 5) is 11.9. The summed E-state index contributed by atoms with van der Waals surface area (Å²) in [5.41, 5.74) is 2.67. The van der Waals surface area contributed by atoms with Crippen LogP contribution in [0.1, 0.15) is 12.0 Å². The van der Waals surface area contributed by atoms with E-state index in [-0.39, 0.29) is 5.91 Å². The van der Waals surface area contributed by atoms with Gasteiger partial charge in [-0.25, -0.2) is 0 Å². The van der Waals surface area contributed by atoms with Gasteiger partial charge in [-0.15, -0.1) is 0 Å². The van der Waals surface area contributed by atoms with E-state index in [0.29, 0.717) is 6.42 Å². The molecule has 82 valence electrons. The molecule has 1 aromatic carbocycles. The summed E-state index contributed by atoms with van der Waals surface area (Å²) in [7, 11) is 0. The zero-order valence-electron chi connectivity index (χ0n) is 9.16. The lowest BCUT2D eigenvalue weighted by Gasteiger charge is -2.11. The monoisotopic (exact) mass is 214 g/mol. The molecule has 1 aliphatic heterocycles. The summed E-state index contributed by atoms with van der Waals surface area (Å²) in [6, 6.07) is 7.74. The third-order valence-corrected chi connectivity index (χ3v) is 2.49. The van der Waals surface area contributed by atoms with Gasteiger partial charge in [0.2, 0.25) is 0 Å². The van der Waals surface area contributed by atoms with E-state index in [1.807, 2.05) is 43.5 Å². The first-order valence-corrected chi connectivity index (χ1v) is 5.24. The summed E-state index contributed by atoms with van der Waals surface area (Å²) in [6.07, 6.45) is 6.15. The van der Waals surface area contributed by atoms with Gasteiger partial charge in [0.1, 0.15) is 0 Å². The van der Waals surface area contributed by atoms with Crippen molar-refractivity contribution in [2.75, 3.05) is 5.32 Å². The van der Waals surface area contributed by atoms with Crippen LogP contribution in [0.3, 0.4) is 0 Å². The molecule has 0 radical (unpaired) electrons. The lowest BCUT2D eigenvalue weighted by molar-refractivity contribution is -0.112. The topological polar surface area (TPSA) is 41.1 Å². The van der Waals surface area contributed by atoms with Gasteiger partial charge in [0.15, 0.2) is 0 Å². The van der Waals surface area contributed by atoms with Crippen molar-refractivity contribution in [2.45, 2.75) is 13.3 Å². The van der Waals surface area contributed by atoms with Crippen LogP contribution in [0.4, 0.5) is 5.69 Å². The average molecular weight is 214 g/mol. The number of anilines is 1. The number of aryl methyl sites for hydroxylation is 1. The molecule has 0 saturated carbocycles. The smallest absolute Gasteiger partial charge is 0.253 e. The predicted octanol–water partition coefficient (Wildman–Crippen LogP) is 2.32. The Morgan fingerprint density at radius 1 is 1.38 bits per heavy atom. The Balaban J connectivity index is 2.08. The van der Waals surface area contributed by atoms with Crippen LogP contribution in [0.15, 0.2) is 48.3 Å². The van der Waals surface area contributed by atoms with Gasteiger partial charge < -0.3 is 10.6 Å². The van der Waals surface area contributed by atoms with Crippen molar-refractivity contribution in [1.82, 2.24) is 5.32 Å². The van der Waals surface area contributed by atoms with Crippen LogP contribution in [0, 0.1) is 6.92 Å². The molecule has 0 unspecified atom stereocenters. The molecule has 0 saturated heterocycles. The second-order valence-electron chi connectivity index (χ2n) is 3.71. The standard InChI is InChI=1S/C13H14N2O/c1-10-5-2-3-7-12(10)15-13(16)11-6-4-8-14-9-11/h2-5,7-9,14H,6H2,1H3,(H,15,16). The molecule has 1 amide bonds. The summed E-state index contributed by atoms with van der Waals surface area (Å²) in [5.74, 6) is -0.0499. The Bertz CT molecular complexity index is 461. The SMILES string of the molecule is Cc1ccccc1NC(=O)C1=CNC=CC1. The van der Waals surface area contributed by atoms with Crippen LogP contribution in [0.25, 0.3) is 0 Å². The van der Waals surface area contributed by atoms with Crippen LogP contribution in [0.2, 0.25) is 0 Å². The molecule has 0 aromatic heterocycles. The lowest BCUT2D eigenvalue weighted by Crippen LogP contribution is -2.18. The van der Waals surface area contributed by atoms with E-state index in [4.69, 9.17) is 0 Å². The van der Waals surface area contributed by atoms with Gasteiger partial charge in [-0.05, 0) is 31.2 Å². The molecule has 1 aliphatic rings. The van der Waals surface area contributed by atoms with E-state index in [1.165, 1.54) is 0 Å². The molecule has 0 fully saturated rings. The van der Waals surface area contributed by atoms with Crippen molar-refractivity contribution in [3.05, 3.63) is 53.9 Å². The van der Waals surface area contributed by atoms with Crippen molar-refractivity contribution < 1.29 is 4.79 Å². The Hall–Kier alpha value is -2.03. The van der Waals surface area contributed by atoms with E-state index in [2.05, 4.69) is 10.6 Å².